The highest BCUT2D eigenvalue weighted by molar-refractivity contribution is 7.87. The van der Waals surface area contributed by atoms with Crippen molar-refractivity contribution in [1.82, 2.24) is 0 Å². The minimum absolute atomic E-state index is 0.205. The molecule has 20 nitrogen and oxygen atoms in total. The predicted molar refractivity (Wildman–Crippen MR) is 157 cm³/mol. The quantitative estimate of drug-likeness (QED) is 0.0889. The zero-order valence-electron chi connectivity index (χ0n) is 23.0. The largest absolute Gasteiger partial charge is 0.505 e. The number of aromatic carboxylic acids is 3. The number of hydrogen-bond acceptors (Lipinski definition) is 14. The first-order valence-corrected chi connectivity index (χ1v) is 16.5. The van der Waals surface area contributed by atoms with Crippen LogP contribution in [-0.2, 0) is 30.4 Å². The number of nitrogens with zero attached hydrogens (tertiary/aromatic N) is 4. The number of carboxylic acid groups (broad SMARTS) is 3. The fourth-order valence-electron chi connectivity index (χ4n) is 4.05. The molecule has 0 aliphatic rings. The summed E-state index contributed by atoms with van der Waals surface area (Å²) in [5, 5.41) is 51.8. The van der Waals surface area contributed by atoms with E-state index >= 15 is 0 Å². The molecule has 0 saturated heterocycles. The molecule has 0 atom stereocenters. The van der Waals surface area contributed by atoms with Crippen molar-refractivity contribution in [2.24, 2.45) is 20.5 Å². The molecule has 0 spiro atoms. The Balaban J connectivity index is 1.88. The van der Waals surface area contributed by atoms with Crippen LogP contribution in [0.25, 0.3) is 10.8 Å². The molecule has 0 fully saturated rings. The predicted octanol–water partition coefficient (Wildman–Crippen LogP) is 4.21. The molecule has 0 aliphatic heterocycles. The van der Waals surface area contributed by atoms with Crippen molar-refractivity contribution in [2.75, 3.05) is 0 Å². The van der Waals surface area contributed by atoms with Crippen LogP contribution in [0.3, 0.4) is 0 Å². The topological polar surface area (TPSA) is 345 Å². The van der Waals surface area contributed by atoms with Crippen molar-refractivity contribution in [3.8, 4) is 5.75 Å². The Morgan fingerprint density at radius 1 is 0.562 bits per heavy atom. The van der Waals surface area contributed by atoms with Crippen molar-refractivity contribution in [1.29, 1.82) is 0 Å². The minimum atomic E-state index is -5.40. The molecule has 0 aliphatic carbocycles. The number of carbonyl (C=O) groups is 3. The Morgan fingerprint density at radius 3 is 1.62 bits per heavy atom. The summed E-state index contributed by atoms with van der Waals surface area (Å²) in [5.74, 6) is -6.01. The fraction of sp³-hybridized carbons (Fsp3) is 0. The summed E-state index contributed by atoms with van der Waals surface area (Å²) in [7, 11) is -16.0. The zero-order chi connectivity index (χ0) is 35.9. The third kappa shape index (κ3) is 7.46. The molecule has 0 heterocycles. The van der Waals surface area contributed by atoms with Gasteiger partial charge in [-0.1, -0.05) is 0 Å². The molecule has 4 rings (SSSR count). The van der Waals surface area contributed by atoms with E-state index in [-0.39, 0.29) is 17.4 Å². The van der Waals surface area contributed by atoms with Crippen LogP contribution in [0.15, 0.2) is 89.7 Å². The number of phenolic OH excluding ortho intramolecular Hbond substituents is 1. The molecule has 0 aromatic heterocycles. The molecular formula is C25H16N4O16S3. The highest BCUT2D eigenvalue weighted by Gasteiger charge is 2.28. The monoisotopic (exact) mass is 724 g/mol. The zero-order valence-corrected chi connectivity index (χ0v) is 25.5. The van der Waals surface area contributed by atoms with E-state index in [1.165, 1.54) is 0 Å². The van der Waals surface area contributed by atoms with Gasteiger partial charge in [-0.25, -0.2) is 14.4 Å². The average molecular weight is 725 g/mol. The molecule has 0 amide bonds. The van der Waals surface area contributed by atoms with Crippen LogP contribution in [0.1, 0.15) is 31.1 Å². The summed E-state index contributed by atoms with van der Waals surface area (Å²) in [6.07, 6.45) is 0. The number of aromatic hydroxyl groups is 1. The number of rotatable bonds is 10. The van der Waals surface area contributed by atoms with E-state index < -0.39 is 108 Å². The van der Waals surface area contributed by atoms with Gasteiger partial charge in [0.1, 0.15) is 21.2 Å². The lowest BCUT2D eigenvalue weighted by molar-refractivity contribution is 0.0682. The molecule has 250 valence electrons. The average Bonchev–Trinajstić information content (AvgIpc) is 2.97. The summed E-state index contributed by atoms with van der Waals surface area (Å²) >= 11 is 0. The normalized spacial score (nSPS) is 12.6. The van der Waals surface area contributed by atoms with Gasteiger partial charge < -0.3 is 20.4 Å². The van der Waals surface area contributed by atoms with Crippen molar-refractivity contribution >= 4 is 81.8 Å². The summed E-state index contributed by atoms with van der Waals surface area (Å²) in [6, 6.07) is 6.90. The fourth-order valence-corrected chi connectivity index (χ4v) is 6.07. The van der Waals surface area contributed by atoms with Gasteiger partial charge >= 0.3 is 17.9 Å². The van der Waals surface area contributed by atoms with Crippen LogP contribution < -0.4 is 0 Å². The Kier molecular flexibility index (Phi) is 9.13. The van der Waals surface area contributed by atoms with E-state index in [1.54, 1.807) is 0 Å². The van der Waals surface area contributed by atoms with Gasteiger partial charge in [-0.15, -0.1) is 10.2 Å². The third-order valence-corrected chi connectivity index (χ3v) is 8.68. The van der Waals surface area contributed by atoms with Gasteiger partial charge in [-0.05, 0) is 60.0 Å². The number of hydrogen-bond donors (Lipinski definition) is 7. The Morgan fingerprint density at radius 2 is 1.12 bits per heavy atom. The number of phenols is 1. The maximum Gasteiger partial charge on any atom is 0.338 e. The number of carboxylic acids is 3. The van der Waals surface area contributed by atoms with Crippen LogP contribution in [0.5, 0.6) is 5.75 Å². The van der Waals surface area contributed by atoms with Gasteiger partial charge in [0.05, 0.1) is 33.0 Å². The van der Waals surface area contributed by atoms with E-state index in [0.29, 0.717) is 12.1 Å². The second kappa shape index (κ2) is 12.5. The molecule has 7 N–H and O–H groups in total. The summed E-state index contributed by atoms with van der Waals surface area (Å²) < 4.78 is 101. The molecule has 48 heavy (non-hydrogen) atoms. The van der Waals surface area contributed by atoms with Gasteiger partial charge in [-0.3, -0.25) is 13.7 Å². The van der Waals surface area contributed by atoms with Crippen LogP contribution >= 0.6 is 0 Å². The smallest absolute Gasteiger partial charge is 0.338 e. The SMILES string of the molecule is O=C(O)c1cc(N=Nc2ccc(N=Nc3c(S(=O)(=O)O)cc4cc(S(=O)(=O)O)cc(S(=O)(=O)O)c4c3O)c(C(=O)O)c2)cc(C(=O)O)c1. The second-order valence-electron chi connectivity index (χ2n) is 9.30. The molecule has 4 aromatic carbocycles. The first-order valence-electron chi connectivity index (χ1n) is 12.2. The molecular weight excluding hydrogens is 708 g/mol. The lowest BCUT2D eigenvalue weighted by Crippen LogP contribution is -2.06. The molecule has 4 aromatic rings. The molecule has 0 radical (unpaired) electrons. The Labute approximate surface area is 267 Å². The van der Waals surface area contributed by atoms with Gasteiger partial charge in [0.2, 0.25) is 0 Å². The van der Waals surface area contributed by atoms with Crippen molar-refractivity contribution in [2.45, 2.75) is 14.7 Å². The van der Waals surface area contributed by atoms with Crippen molar-refractivity contribution in [3.63, 3.8) is 0 Å². The first-order chi connectivity index (χ1) is 22.1. The minimum Gasteiger partial charge on any atom is -0.505 e. The second-order valence-corrected chi connectivity index (χ2v) is 13.5. The van der Waals surface area contributed by atoms with Crippen molar-refractivity contribution < 1.29 is 73.7 Å². The lowest BCUT2D eigenvalue weighted by atomic mass is 10.1. The van der Waals surface area contributed by atoms with Gasteiger partial charge in [-0.2, -0.15) is 35.5 Å². The van der Waals surface area contributed by atoms with E-state index in [0.717, 1.165) is 36.4 Å². The molecule has 0 saturated carbocycles. The Hall–Kier alpha value is -5.72. The van der Waals surface area contributed by atoms with E-state index in [9.17, 15) is 73.7 Å². The molecule has 0 unspecified atom stereocenters. The highest BCUT2D eigenvalue weighted by atomic mass is 32.2. The summed E-state index contributed by atoms with van der Waals surface area (Å²) in [6.45, 7) is 0. The number of benzene rings is 4. The van der Waals surface area contributed by atoms with E-state index in [4.69, 9.17) is 0 Å². The summed E-state index contributed by atoms with van der Waals surface area (Å²) in [4.78, 5) is 30.8. The van der Waals surface area contributed by atoms with Crippen LogP contribution in [-0.4, -0.2) is 77.2 Å². The molecule has 23 heteroatoms. The van der Waals surface area contributed by atoms with Gasteiger partial charge in [0.25, 0.3) is 30.4 Å². The van der Waals surface area contributed by atoms with Crippen molar-refractivity contribution in [3.05, 3.63) is 71.3 Å². The standard InChI is InChI=1S/C25H16N4O16S3/c30-22-20-10(6-15(46(37,38)39)9-18(20)47(40,41)42)7-19(48(43,44)45)21(22)29-28-17-2-1-13(8-16(17)25(35)36)26-27-14-4-11(23(31)32)3-12(5-14)24(33)34/h1-9,30H,(H,31,32)(H,33,34)(H,35,36)(H,37,38,39)(H,40,41,42)(H,43,44,45). The maximum absolute atomic E-state index is 12.2. The van der Waals surface area contributed by atoms with Crippen LogP contribution in [0.2, 0.25) is 0 Å². The van der Waals surface area contributed by atoms with E-state index in [1.807, 2.05) is 0 Å². The molecule has 0 bridgehead atoms. The summed E-state index contributed by atoms with van der Waals surface area (Å²) in [5.41, 5.74) is -3.74. The van der Waals surface area contributed by atoms with Crippen LogP contribution in [0.4, 0.5) is 22.7 Å². The third-order valence-electron chi connectivity index (χ3n) is 6.10. The van der Waals surface area contributed by atoms with Gasteiger partial charge in [0, 0.05) is 5.39 Å². The number of fused-ring (bicyclic) bond motifs is 1. The van der Waals surface area contributed by atoms with Gasteiger partial charge in [0.15, 0.2) is 5.75 Å². The Bertz CT molecular complexity index is 2440. The maximum atomic E-state index is 12.2. The van der Waals surface area contributed by atoms with Crippen LogP contribution in [0, 0.1) is 0 Å². The first kappa shape index (κ1) is 35.1. The number of azo groups is 2. The van der Waals surface area contributed by atoms with E-state index in [2.05, 4.69) is 20.5 Å². The highest BCUT2D eigenvalue weighted by Crippen LogP contribution is 2.45. The lowest BCUT2D eigenvalue weighted by Gasteiger charge is -2.12.